The van der Waals surface area contributed by atoms with Crippen LogP contribution in [-0.2, 0) is 7.05 Å². The molecule has 0 aliphatic carbocycles. The zero-order valence-electron chi connectivity index (χ0n) is 13.1. The van der Waals surface area contributed by atoms with E-state index in [1.165, 1.54) is 0 Å². The molecule has 3 aromatic rings. The normalized spacial score (nSPS) is 14.6. The third kappa shape index (κ3) is 2.38. The summed E-state index contributed by atoms with van der Waals surface area (Å²) in [5.74, 6) is 0.101. The van der Waals surface area contributed by atoms with Crippen LogP contribution in [0.4, 0.5) is 0 Å². The average Bonchev–Trinajstić information content (AvgIpc) is 3.25. The van der Waals surface area contributed by atoms with E-state index >= 15 is 0 Å². The van der Waals surface area contributed by atoms with Gasteiger partial charge in [0.25, 0.3) is 5.91 Å². The number of carbonyl (C=O) groups is 1. The fourth-order valence-corrected chi connectivity index (χ4v) is 3.20. The number of amides is 1. The number of pyridine rings is 2. The molecule has 4 heterocycles. The van der Waals surface area contributed by atoms with Crippen LogP contribution in [0.3, 0.4) is 0 Å². The van der Waals surface area contributed by atoms with E-state index in [1.54, 1.807) is 18.5 Å². The van der Waals surface area contributed by atoms with E-state index < -0.39 is 0 Å². The van der Waals surface area contributed by atoms with Crippen LogP contribution in [0.2, 0.25) is 0 Å². The minimum Gasteiger partial charge on any atom is -0.339 e. The number of nitrogens with zero attached hydrogens (tertiary/aromatic N) is 4. The minimum absolute atomic E-state index is 0.101. The van der Waals surface area contributed by atoms with E-state index in [-0.39, 0.29) is 5.91 Å². The summed E-state index contributed by atoms with van der Waals surface area (Å²) in [4.78, 5) is 23.4. The third-order valence-electron chi connectivity index (χ3n) is 4.44. The number of rotatable bonds is 2. The molecule has 116 valence electrons. The van der Waals surface area contributed by atoms with Gasteiger partial charge in [-0.25, -0.2) is 4.98 Å². The van der Waals surface area contributed by atoms with Crippen molar-refractivity contribution >= 4 is 16.9 Å². The van der Waals surface area contributed by atoms with Crippen LogP contribution in [0.5, 0.6) is 0 Å². The molecule has 3 aromatic heterocycles. The number of fused-ring (bicyclic) bond motifs is 1. The van der Waals surface area contributed by atoms with Crippen LogP contribution in [0.25, 0.3) is 22.3 Å². The highest BCUT2D eigenvalue weighted by atomic mass is 16.2. The van der Waals surface area contributed by atoms with Gasteiger partial charge in [0.15, 0.2) is 0 Å². The zero-order chi connectivity index (χ0) is 15.8. The van der Waals surface area contributed by atoms with Crippen LogP contribution in [0, 0.1) is 0 Å². The molecule has 0 saturated carbocycles. The zero-order valence-corrected chi connectivity index (χ0v) is 13.1. The van der Waals surface area contributed by atoms with Crippen LogP contribution in [0.1, 0.15) is 23.2 Å². The summed E-state index contributed by atoms with van der Waals surface area (Å²) in [7, 11) is 1.97. The Balaban J connectivity index is 1.77. The highest BCUT2D eigenvalue weighted by Crippen LogP contribution is 2.27. The predicted octanol–water partition coefficient (Wildman–Crippen LogP) is 2.87. The Hall–Kier alpha value is -2.69. The number of aryl methyl sites for hydroxylation is 1. The fourth-order valence-electron chi connectivity index (χ4n) is 3.20. The smallest absolute Gasteiger partial charge is 0.253 e. The van der Waals surface area contributed by atoms with Crippen LogP contribution < -0.4 is 0 Å². The van der Waals surface area contributed by atoms with E-state index in [1.807, 2.05) is 40.9 Å². The molecular weight excluding hydrogens is 288 g/mol. The predicted molar refractivity (Wildman–Crippen MR) is 89.1 cm³/mol. The summed E-state index contributed by atoms with van der Waals surface area (Å²) < 4.78 is 1.98. The maximum atomic E-state index is 12.6. The Bertz CT molecular complexity index is 878. The Kier molecular flexibility index (Phi) is 3.33. The number of hydrogen-bond donors (Lipinski definition) is 0. The van der Waals surface area contributed by atoms with Gasteiger partial charge in [0.05, 0.1) is 5.69 Å². The number of hydrogen-bond acceptors (Lipinski definition) is 3. The largest absolute Gasteiger partial charge is 0.339 e. The Morgan fingerprint density at radius 1 is 1.09 bits per heavy atom. The molecule has 0 atom stereocenters. The first-order valence-corrected chi connectivity index (χ1v) is 7.90. The number of likely N-dealkylation sites (tertiary alicyclic amines) is 1. The van der Waals surface area contributed by atoms with Crippen molar-refractivity contribution in [1.29, 1.82) is 0 Å². The molecule has 1 saturated heterocycles. The average molecular weight is 306 g/mol. The molecule has 0 spiro atoms. The molecule has 1 aliphatic heterocycles. The monoisotopic (exact) mass is 306 g/mol. The first kappa shape index (κ1) is 13.9. The Morgan fingerprint density at radius 2 is 1.87 bits per heavy atom. The second kappa shape index (κ2) is 5.50. The molecule has 1 fully saturated rings. The molecular formula is C18H18N4O. The fraction of sp³-hybridized carbons (Fsp3) is 0.278. The van der Waals surface area contributed by atoms with Crippen molar-refractivity contribution in [2.75, 3.05) is 13.1 Å². The van der Waals surface area contributed by atoms with E-state index in [0.717, 1.165) is 48.2 Å². The van der Waals surface area contributed by atoms with E-state index in [2.05, 4.69) is 9.97 Å². The van der Waals surface area contributed by atoms with Crippen molar-refractivity contribution in [3.63, 3.8) is 0 Å². The molecule has 5 heteroatoms. The van der Waals surface area contributed by atoms with Crippen LogP contribution >= 0.6 is 0 Å². The SMILES string of the molecule is Cn1ccc2c(-c3cc(C(=O)N4CCCC4)ccn3)ccnc21. The Morgan fingerprint density at radius 3 is 2.70 bits per heavy atom. The molecule has 0 unspecified atom stereocenters. The van der Waals surface area contributed by atoms with E-state index in [9.17, 15) is 4.79 Å². The lowest BCUT2D eigenvalue weighted by Crippen LogP contribution is -2.27. The second-order valence-corrected chi connectivity index (χ2v) is 5.95. The highest BCUT2D eigenvalue weighted by molar-refractivity contribution is 5.97. The molecule has 0 bridgehead atoms. The number of aromatic nitrogens is 3. The molecule has 0 radical (unpaired) electrons. The van der Waals surface area contributed by atoms with Crippen molar-refractivity contribution < 1.29 is 4.79 Å². The molecule has 5 nitrogen and oxygen atoms in total. The molecule has 1 aliphatic rings. The summed E-state index contributed by atoms with van der Waals surface area (Å²) in [5, 5.41) is 1.05. The van der Waals surface area contributed by atoms with Crippen LogP contribution in [0.15, 0.2) is 42.9 Å². The van der Waals surface area contributed by atoms with Crippen molar-refractivity contribution in [2.45, 2.75) is 12.8 Å². The maximum Gasteiger partial charge on any atom is 0.253 e. The summed E-state index contributed by atoms with van der Waals surface area (Å²) in [6, 6.07) is 7.68. The molecule has 23 heavy (non-hydrogen) atoms. The Labute approximate surface area is 134 Å². The van der Waals surface area contributed by atoms with Crippen molar-refractivity contribution in [3.8, 4) is 11.3 Å². The summed E-state index contributed by atoms with van der Waals surface area (Å²) in [6.07, 6.45) is 7.68. The summed E-state index contributed by atoms with van der Waals surface area (Å²) in [5.41, 5.74) is 3.44. The molecule has 4 rings (SSSR count). The molecule has 1 amide bonds. The molecule has 0 N–H and O–H groups in total. The lowest BCUT2D eigenvalue weighted by atomic mass is 10.1. The first-order valence-electron chi connectivity index (χ1n) is 7.90. The standard InChI is InChI=1S/C18H18N4O/c1-21-11-6-15-14(5-8-20-17(15)21)16-12-13(4-7-19-16)18(23)22-9-2-3-10-22/h4-8,11-12H,2-3,9-10H2,1H3. The quantitative estimate of drug-likeness (QED) is 0.731. The summed E-state index contributed by atoms with van der Waals surface area (Å²) in [6.45, 7) is 1.71. The van der Waals surface area contributed by atoms with Gasteiger partial charge in [-0.05, 0) is 37.1 Å². The number of carbonyl (C=O) groups excluding carboxylic acids is 1. The van der Waals surface area contributed by atoms with E-state index in [4.69, 9.17) is 0 Å². The van der Waals surface area contributed by atoms with Gasteiger partial charge < -0.3 is 9.47 Å². The highest BCUT2D eigenvalue weighted by Gasteiger charge is 2.20. The van der Waals surface area contributed by atoms with E-state index in [0.29, 0.717) is 5.56 Å². The van der Waals surface area contributed by atoms with Crippen molar-refractivity contribution in [2.24, 2.45) is 7.05 Å². The lowest BCUT2D eigenvalue weighted by molar-refractivity contribution is 0.0793. The third-order valence-corrected chi connectivity index (χ3v) is 4.44. The van der Waals surface area contributed by atoms with Crippen LogP contribution in [-0.4, -0.2) is 38.4 Å². The van der Waals surface area contributed by atoms with Gasteiger partial charge in [-0.3, -0.25) is 9.78 Å². The topological polar surface area (TPSA) is 51.0 Å². The van der Waals surface area contributed by atoms with Gasteiger partial charge in [-0.2, -0.15) is 0 Å². The second-order valence-electron chi connectivity index (χ2n) is 5.95. The van der Waals surface area contributed by atoms with Crippen molar-refractivity contribution in [3.05, 3.63) is 48.4 Å². The van der Waals surface area contributed by atoms with Crippen molar-refractivity contribution in [1.82, 2.24) is 19.4 Å². The lowest BCUT2D eigenvalue weighted by Gasteiger charge is -2.15. The van der Waals surface area contributed by atoms with Gasteiger partial charge in [0.1, 0.15) is 5.65 Å². The van der Waals surface area contributed by atoms with Gasteiger partial charge in [-0.1, -0.05) is 0 Å². The maximum absolute atomic E-state index is 12.6. The summed E-state index contributed by atoms with van der Waals surface area (Å²) >= 11 is 0. The van der Waals surface area contributed by atoms with Gasteiger partial charge in [0.2, 0.25) is 0 Å². The molecule has 0 aromatic carbocycles. The van der Waals surface area contributed by atoms with Gasteiger partial charge in [-0.15, -0.1) is 0 Å². The van der Waals surface area contributed by atoms with Gasteiger partial charge in [0, 0.05) is 55.2 Å². The minimum atomic E-state index is 0.101. The van der Waals surface area contributed by atoms with Gasteiger partial charge >= 0.3 is 0 Å². The first-order chi connectivity index (χ1) is 11.2.